The number of ether oxygens (including phenoxy) is 2. The minimum Gasteiger partial charge on any atom is -0.465 e. The first-order chi connectivity index (χ1) is 9.65. The van der Waals surface area contributed by atoms with Crippen LogP contribution in [0.4, 0.5) is 0 Å². The van der Waals surface area contributed by atoms with Crippen LogP contribution >= 0.6 is 0 Å². The summed E-state index contributed by atoms with van der Waals surface area (Å²) < 4.78 is 10.5. The zero-order valence-corrected chi connectivity index (χ0v) is 12.3. The molecule has 0 N–H and O–H groups in total. The molecule has 1 aromatic carbocycles. The second kappa shape index (κ2) is 8.48. The van der Waals surface area contributed by atoms with Crippen molar-refractivity contribution in [3.8, 4) is 0 Å². The Labute approximate surface area is 120 Å². The van der Waals surface area contributed by atoms with Gasteiger partial charge in [0.25, 0.3) is 0 Å². The highest BCUT2D eigenvalue weighted by atomic mass is 16.5. The molecule has 20 heavy (non-hydrogen) atoms. The van der Waals surface area contributed by atoms with Gasteiger partial charge in [0.1, 0.15) is 12.0 Å². The van der Waals surface area contributed by atoms with Gasteiger partial charge >= 0.3 is 5.97 Å². The smallest absolute Gasteiger partial charge is 0.316 e. The average molecular weight is 278 g/mol. The van der Waals surface area contributed by atoms with Crippen LogP contribution in [0, 0.1) is 5.92 Å². The monoisotopic (exact) mass is 278 g/mol. The fourth-order valence-electron chi connectivity index (χ4n) is 2.05. The Morgan fingerprint density at radius 3 is 2.20 bits per heavy atom. The van der Waals surface area contributed by atoms with Crippen molar-refractivity contribution < 1.29 is 19.1 Å². The number of benzene rings is 1. The Hall–Kier alpha value is -1.68. The number of hydrogen-bond acceptors (Lipinski definition) is 4. The van der Waals surface area contributed by atoms with Gasteiger partial charge in [-0.25, -0.2) is 0 Å². The molecule has 0 amide bonds. The predicted molar refractivity (Wildman–Crippen MR) is 76.2 cm³/mol. The van der Waals surface area contributed by atoms with E-state index in [1.165, 1.54) is 0 Å². The van der Waals surface area contributed by atoms with Gasteiger partial charge in [-0.2, -0.15) is 0 Å². The maximum absolute atomic E-state index is 12.6. The number of carbonyl (C=O) groups excluding carboxylic acids is 2. The summed E-state index contributed by atoms with van der Waals surface area (Å²) in [5, 5.41) is 0. The van der Waals surface area contributed by atoms with Gasteiger partial charge in [0.15, 0.2) is 5.78 Å². The van der Waals surface area contributed by atoms with Crippen molar-refractivity contribution in [3.63, 3.8) is 0 Å². The van der Waals surface area contributed by atoms with E-state index in [1.807, 2.05) is 37.3 Å². The van der Waals surface area contributed by atoms with Crippen LogP contribution in [0.2, 0.25) is 0 Å². The third kappa shape index (κ3) is 4.17. The van der Waals surface area contributed by atoms with E-state index in [1.54, 1.807) is 13.8 Å². The topological polar surface area (TPSA) is 52.6 Å². The normalized spacial score (nSPS) is 13.6. The molecular formula is C16H22O4. The maximum atomic E-state index is 12.6. The molecule has 0 saturated heterocycles. The minimum absolute atomic E-state index is 0.237. The van der Waals surface area contributed by atoms with E-state index < -0.39 is 18.0 Å². The number of ketones is 1. The van der Waals surface area contributed by atoms with Crippen LogP contribution < -0.4 is 0 Å². The Morgan fingerprint density at radius 1 is 1.05 bits per heavy atom. The van der Waals surface area contributed by atoms with E-state index in [9.17, 15) is 9.59 Å². The van der Waals surface area contributed by atoms with Crippen LogP contribution in [0.15, 0.2) is 30.3 Å². The van der Waals surface area contributed by atoms with Gasteiger partial charge in [-0.3, -0.25) is 9.59 Å². The van der Waals surface area contributed by atoms with E-state index in [2.05, 4.69) is 0 Å². The molecule has 0 aliphatic rings. The van der Waals surface area contributed by atoms with Gasteiger partial charge < -0.3 is 9.47 Å². The lowest BCUT2D eigenvalue weighted by molar-refractivity contribution is -0.155. The summed E-state index contributed by atoms with van der Waals surface area (Å²) >= 11 is 0. The van der Waals surface area contributed by atoms with Crippen LogP contribution in [0.5, 0.6) is 0 Å². The minimum atomic E-state index is -0.772. The SMILES string of the molecule is CCOC(=O)C(CC)C(=O)C(OCC)c1ccccc1. The molecule has 0 heterocycles. The standard InChI is InChI=1S/C16H22O4/c1-4-13(16(18)20-6-3)14(17)15(19-5-2)12-10-8-7-9-11-12/h7-11,13,15H,4-6H2,1-3H3. The van der Waals surface area contributed by atoms with Crippen LogP contribution in [-0.2, 0) is 19.1 Å². The molecule has 0 aliphatic heterocycles. The largest absolute Gasteiger partial charge is 0.465 e. The van der Waals surface area contributed by atoms with Crippen LogP contribution in [0.1, 0.15) is 38.9 Å². The second-order valence-electron chi connectivity index (χ2n) is 4.36. The molecule has 0 radical (unpaired) electrons. The van der Waals surface area contributed by atoms with E-state index >= 15 is 0 Å². The van der Waals surface area contributed by atoms with Crippen molar-refractivity contribution in [3.05, 3.63) is 35.9 Å². The highest BCUT2D eigenvalue weighted by Crippen LogP contribution is 2.24. The van der Waals surface area contributed by atoms with Gasteiger partial charge in [-0.05, 0) is 25.8 Å². The van der Waals surface area contributed by atoms with E-state index in [0.717, 1.165) is 5.56 Å². The first kappa shape index (κ1) is 16.4. The molecule has 2 unspecified atom stereocenters. The Kier molecular flexibility index (Phi) is 6.94. The zero-order valence-electron chi connectivity index (χ0n) is 12.3. The number of Topliss-reactive ketones (excluding diaryl/α,β-unsaturated/α-hetero) is 1. The molecule has 4 heteroatoms. The molecule has 2 atom stereocenters. The molecule has 1 rings (SSSR count). The summed E-state index contributed by atoms with van der Waals surface area (Å²) in [4.78, 5) is 24.4. The Morgan fingerprint density at radius 2 is 1.70 bits per heavy atom. The van der Waals surface area contributed by atoms with E-state index in [4.69, 9.17) is 9.47 Å². The molecule has 0 aliphatic carbocycles. The van der Waals surface area contributed by atoms with E-state index in [0.29, 0.717) is 13.0 Å². The summed E-state index contributed by atoms with van der Waals surface area (Å²) in [5.41, 5.74) is 0.766. The quantitative estimate of drug-likeness (QED) is 0.542. The summed E-state index contributed by atoms with van der Waals surface area (Å²) in [6.45, 7) is 6.03. The summed E-state index contributed by atoms with van der Waals surface area (Å²) in [5.74, 6) is -1.48. The molecule has 0 saturated carbocycles. The van der Waals surface area contributed by atoms with Crippen molar-refractivity contribution in [1.29, 1.82) is 0 Å². The highest BCUT2D eigenvalue weighted by molar-refractivity contribution is 6.01. The first-order valence-corrected chi connectivity index (χ1v) is 7.02. The Bertz CT molecular complexity index is 427. The van der Waals surface area contributed by atoms with Gasteiger partial charge in [0.2, 0.25) is 0 Å². The fraction of sp³-hybridized carbons (Fsp3) is 0.500. The predicted octanol–water partition coefficient (Wildman–Crippen LogP) is 2.92. The summed E-state index contributed by atoms with van der Waals surface area (Å²) in [6.07, 6.45) is -0.302. The molecule has 4 nitrogen and oxygen atoms in total. The fourth-order valence-corrected chi connectivity index (χ4v) is 2.05. The molecular weight excluding hydrogens is 256 g/mol. The molecule has 110 valence electrons. The third-order valence-corrected chi connectivity index (χ3v) is 3.02. The number of hydrogen-bond donors (Lipinski definition) is 0. The van der Waals surface area contributed by atoms with Gasteiger partial charge in [-0.1, -0.05) is 37.3 Å². The van der Waals surface area contributed by atoms with Crippen LogP contribution in [0.25, 0.3) is 0 Å². The Balaban J connectivity index is 2.95. The lowest BCUT2D eigenvalue weighted by Gasteiger charge is -2.20. The number of rotatable bonds is 8. The number of carbonyl (C=O) groups is 2. The third-order valence-electron chi connectivity index (χ3n) is 3.02. The summed E-state index contributed by atoms with van der Waals surface area (Å²) in [7, 11) is 0. The molecule has 0 fully saturated rings. The first-order valence-electron chi connectivity index (χ1n) is 7.02. The van der Waals surface area contributed by atoms with Crippen molar-refractivity contribution in [1.82, 2.24) is 0 Å². The number of esters is 1. The molecule has 0 spiro atoms. The lowest BCUT2D eigenvalue weighted by Crippen LogP contribution is -2.31. The van der Waals surface area contributed by atoms with Crippen molar-refractivity contribution >= 4 is 11.8 Å². The molecule has 0 bridgehead atoms. The van der Waals surface area contributed by atoms with Crippen LogP contribution in [0.3, 0.4) is 0 Å². The lowest BCUT2D eigenvalue weighted by atomic mass is 9.93. The van der Waals surface area contributed by atoms with Crippen molar-refractivity contribution in [2.24, 2.45) is 5.92 Å². The average Bonchev–Trinajstić information content (AvgIpc) is 2.46. The van der Waals surface area contributed by atoms with E-state index in [-0.39, 0.29) is 12.4 Å². The van der Waals surface area contributed by atoms with Crippen molar-refractivity contribution in [2.75, 3.05) is 13.2 Å². The molecule has 0 aromatic heterocycles. The maximum Gasteiger partial charge on any atom is 0.316 e. The van der Waals surface area contributed by atoms with Crippen molar-refractivity contribution in [2.45, 2.75) is 33.3 Å². The zero-order chi connectivity index (χ0) is 15.0. The van der Waals surface area contributed by atoms with Gasteiger partial charge in [0, 0.05) is 6.61 Å². The van der Waals surface area contributed by atoms with Gasteiger partial charge in [-0.15, -0.1) is 0 Å². The highest BCUT2D eigenvalue weighted by Gasteiger charge is 2.33. The second-order valence-corrected chi connectivity index (χ2v) is 4.36. The summed E-state index contributed by atoms with van der Waals surface area (Å²) in [6, 6.07) is 9.23. The van der Waals surface area contributed by atoms with Crippen LogP contribution in [-0.4, -0.2) is 25.0 Å². The van der Waals surface area contributed by atoms with Gasteiger partial charge in [0.05, 0.1) is 6.61 Å². The molecule has 1 aromatic rings.